The minimum Gasteiger partial charge on any atom is -0.206 e. The topological polar surface area (TPSA) is 0 Å². The first kappa shape index (κ1) is 9.41. The number of halogens is 2. The molecule has 0 bridgehead atoms. The van der Waals surface area contributed by atoms with Gasteiger partial charge in [-0.1, -0.05) is 46.3 Å². The summed E-state index contributed by atoms with van der Waals surface area (Å²) in [4.78, 5) is 0. The van der Waals surface area contributed by atoms with Crippen LogP contribution in [0.2, 0.25) is 0 Å². The summed E-state index contributed by atoms with van der Waals surface area (Å²) in [7, 11) is 0. The van der Waals surface area contributed by atoms with Gasteiger partial charge in [-0.05, 0) is 23.8 Å². The van der Waals surface area contributed by atoms with Gasteiger partial charge in [0.05, 0.1) is 0 Å². The molecule has 0 atom stereocenters. The van der Waals surface area contributed by atoms with Gasteiger partial charge in [0.15, 0.2) is 0 Å². The SMILES string of the molecule is Fc1ccccc1-c1cccc(Br)c1. The summed E-state index contributed by atoms with van der Waals surface area (Å²) in [6.07, 6.45) is 0. The van der Waals surface area contributed by atoms with E-state index >= 15 is 0 Å². The van der Waals surface area contributed by atoms with E-state index in [0.717, 1.165) is 10.0 Å². The summed E-state index contributed by atoms with van der Waals surface area (Å²) in [6.45, 7) is 0. The maximum atomic E-state index is 13.4. The summed E-state index contributed by atoms with van der Waals surface area (Å²) >= 11 is 3.36. The lowest BCUT2D eigenvalue weighted by atomic mass is 10.1. The predicted octanol–water partition coefficient (Wildman–Crippen LogP) is 4.26. The molecule has 14 heavy (non-hydrogen) atoms. The Morgan fingerprint density at radius 2 is 1.71 bits per heavy atom. The summed E-state index contributed by atoms with van der Waals surface area (Å²) in [5, 5.41) is 0. The van der Waals surface area contributed by atoms with Crippen molar-refractivity contribution in [3.05, 3.63) is 58.8 Å². The average Bonchev–Trinajstić information content (AvgIpc) is 2.18. The van der Waals surface area contributed by atoms with Crippen molar-refractivity contribution in [2.75, 3.05) is 0 Å². The third-order valence-corrected chi connectivity index (χ3v) is 2.50. The fraction of sp³-hybridized carbons (Fsp3) is 0. The first-order valence-corrected chi connectivity index (χ1v) is 5.07. The zero-order valence-electron chi connectivity index (χ0n) is 7.37. The molecule has 0 saturated heterocycles. The summed E-state index contributed by atoms with van der Waals surface area (Å²) in [5.74, 6) is -0.189. The van der Waals surface area contributed by atoms with Crippen molar-refractivity contribution < 1.29 is 4.39 Å². The molecule has 0 aliphatic heterocycles. The second kappa shape index (κ2) is 3.93. The van der Waals surface area contributed by atoms with E-state index in [9.17, 15) is 4.39 Å². The largest absolute Gasteiger partial charge is 0.206 e. The molecule has 2 aromatic carbocycles. The Bertz CT molecular complexity index is 452. The van der Waals surface area contributed by atoms with Crippen LogP contribution < -0.4 is 0 Å². The normalized spacial score (nSPS) is 10.1. The fourth-order valence-electron chi connectivity index (χ4n) is 1.35. The first-order valence-electron chi connectivity index (χ1n) is 4.28. The van der Waals surface area contributed by atoms with Gasteiger partial charge in [0.1, 0.15) is 5.82 Å². The van der Waals surface area contributed by atoms with E-state index in [0.29, 0.717) is 5.56 Å². The highest BCUT2D eigenvalue weighted by Crippen LogP contribution is 2.24. The number of benzene rings is 2. The third-order valence-electron chi connectivity index (χ3n) is 2.01. The van der Waals surface area contributed by atoms with Crippen LogP contribution in [-0.4, -0.2) is 0 Å². The number of rotatable bonds is 1. The monoisotopic (exact) mass is 250 g/mol. The van der Waals surface area contributed by atoms with Crippen LogP contribution in [0.25, 0.3) is 11.1 Å². The molecule has 70 valence electrons. The van der Waals surface area contributed by atoms with E-state index in [1.54, 1.807) is 12.1 Å². The van der Waals surface area contributed by atoms with Crippen LogP contribution in [0.3, 0.4) is 0 Å². The van der Waals surface area contributed by atoms with Gasteiger partial charge >= 0.3 is 0 Å². The molecule has 2 heteroatoms. The highest BCUT2D eigenvalue weighted by Gasteiger charge is 2.02. The lowest BCUT2D eigenvalue weighted by Crippen LogP contribution is -1.82. The van der Waals surface area contributed by atoms with E-state index in [2.05, 4.69) is 15.9 Å². The Kier molecular flexibility index (Phi) is 2.64. The van der Waals surface area contributed by atoms with Gasteiger partial charge in [-0.3, -0.25) is 0 Å². The van der Waals surface area contributed by atoms with Gasteiger partial charge in [-0.25, -0.2) is 4.39 Å². The van der Waals surface area contributed by atoms with Crippen LogP contribution in [-0.2, 0) is 0 Å². The highest BCUT2D eigenvalue weighted by molar-refractivity contribution is 9.10. The van der Waals surface area contributed by atoms with Gasteiger partial charge in [-0.2, -0.15) is 0 Å². The number of hydrogen-bond donors (Lipinski definition) is 0. The van der Waals surface area contributed by atoms with Crippen molar-refractivity contribution in [3.8, 4) is 11.1 Å². The molecule has 2 rings (SSSR count). The van der Waals surface area contributed by atoms with Crippen LogP contribution in [0.5, 0.6) is 0 Å². The van der Waals surface area contributed by atoms with Gasteiger partial charge in [-0.15, -0.1) is 0 Å². The molecular formula is C12H8BrF. The molecule has 0 unspecified atom stereocenters. The van der Waals surface area contributed by atoms with Gasteiger partial charge in [0.25, 0.3) is 0 Å². The minimum atomic E-state index is -0.189. The van der Waals surface area contributed by atoms with Gasteiger partial charge in [0.2, 0.25) is 0 Å². The zero-order chi connectivity index (χ0) is 9.97. The molecule has 0 spiro atoms. The maximum absolute atomic E-state index is 13.4. The molecule has 0 aliphatic rings. The van der Waals surface area contributed by atoms with E-state index in [4.69, 9.17) is 0 Å². The number of hydrogen-bond acceptors (Lipinski definition) is 0. The molecule has 0 nitrogen and oxygen atoms in total. The fourth-order valence-corrected chi connectivity index (χ4v) is 1.75. The van der Waals surface area contributed by atoms with Crippen LogP contribution in [0.1, 0.15) is 0 Å². The van der Waals surface area contributed by atoms with Crippen molar-refractivity contribution >= 4 is 15.9 Å². The van der Waals surface area contributed by atoms with E-state index in [-0.39, 0.29) is 5.82 Å². The molecule has 0 radical (unpaired) electrons. The molecule has 0 heterocycles. The van der Waals surface area contributed by atoms with Gasteiger partial charge < -0.3 is 0 Å². The second-order valence-corrected chi connectivity index (χ2v) is 3.91. The maximum Gasteiger partial charge on any atom is 0.131 e. The van der Waals surface area contributed by atoms with E-state index in [1.807, 2.05) is 30.3 Å². The molecule has 0 fully saturated rings. The van der Waals surface area contributed by atoms with Crippen molar-refractivity contribution in [2.24, 2.45) is 0 Å². The van der Waals surface area contributed by atoms with Crippen molar-refractivity contribution in [2.45, 2.75) is 0 Å². The Balaban J connectivity index is 2.55. The Morgan fingerprint density at radius 1 is 0.929 bits per heavy atom. The van der Waals surface area contributed by atoms with E-state index < -0.39 is 0 Å². The molecule has 2 aromatic rings. The van der Waals surface area contributed by atoms with Crippen LogP contribution in [0.4, 0.5) is 4.39 Å². The minimum absolute atomic E-state index is 0.189. The predicted molar refractivity (Wildman–Crippen MR) is 59.5 cm³/mol. The van der Waals surface area contributed by atoms with Gasteiger partial charge in [0, 0.05) is 10.0 Å². The van der Waals surface area contributed by atoms with Crippen molar-refractivity contribution in [1.29, 1.82) is 0 Å². The van der Waals surface area contributed by atoms with Crippen molar-refractivity contribution in [3.63, 3.8) is 0 Å². The Morgan fingerprint density at radius 3 is 2.43 bits per heavy atom. The molecule has 0 N–H and O–H groups in total. The standard InChI is InChI=1S/C12H8BrF/c13-10-5-3-4-9(8-10)11-6-1-2-7-12(11)14/h1-8H. The van der Waals surface area contributed by atoms with E-state index in [1.165, 1.54) is 6.07 Å². The molecule has 0 aliphatic carbocycles. The van der Waals surface area contributed by atoms with Crippen LogP contribution in [0.15, 0.2) is 53.0 Å². The van der Waals surface area contributed by atoms with Crippen LogP contribution in [0, 0.1) is 5.82 Å². The lowest BCUT2D eigenvalue weighted by molar-refractivity contribution is 0.631. The highest BCUT2D eigenvalue weighted by atomic mass is 79.9. The molecular weight excluding hydrogens is 243 g/mol. The third kappa shape index (κ3) is 1.85. The Hall–Kier alpha value is -1.15. The molecule has 0 amide bonds. The quantitative estimate of drug-likeness (QED) is 0.710. The summed E-state index contributed by atoms with van der Waals surface area (Å²) in [5.41, 5.74) is 1.52. The smallest absolute Gasteiger partial charge is 0.131 e. The average molecular weight is 251 g/mol. The summed E-state index contributed by atoms with van der Waals surface area (Å²) in [6, 6.07) is 14.4. The lowest BCUT2D eigenvalue weighted by Gasteiger charge is -2.02. The van der Waals surface area contributed by atoms with Crippen molar-refractivity contribution in [1.82, 2.24) is 0 Å². The molecule has 0 aromatic heterocycles. The molecule has 0 saturated carbocycles. The first-order chi connectivity index (χ1) is 6.77. The zero-order valence-corrected chi connectivity index (χ0v) is 8.96. The van der Waals surface area contributed by atoms with Crippen LogP contribution >= 0.6 is 15.9 Å². The Labute approximate surface area is 90.5 Å². The second-order valence-electron chi connectivity index (χ2n) is 2.99. The summed E-state index contributed by atoms with van der Waals surface area (Å²) < 4.78 is 14.3.